The maximum absolute atomic E-state index is 14.1. The Morgan fingerprint density at radius 3 is 2.49 bits per heavy atom. The van der Waals surface area contributed by atoms with Crippen molar-refractivity contribution in [2.24, 2.45) is 29.6 Å². The summed E-state index contributed by atoms with van der Waals surface area (Å²) in [6.45, 7) is 4.03. The molecule has 4 heterocycles. The molecule has 7 atom stereocenters. The highest BCUT2D eigenvalue weighted by Crippen LogP contribution is 2.68. The quantitative estimate of drug-likeness (QED) is 0.295. The van der Waals surface area contributed by atoms with E-state index >= 15 is 0 Å². The van der Waals surface area contributed by atoms with Gasteiger partial charge in [-0.2, -0.15) is 0 Å². The number of hydrogen-bond donors (Lipinski definition) is 1. The lowest BCUT2D eigenvalue weighted by Crippen LogP contribution is -2.43. The number of carbonyl (C=O) groups is 4. The first-order valence-electron chi connectivity index (χ1n) is 16.0. The summed E-state index contributed by atoms with van der Waals surface area (Å²) in [5, 5.41) is 0.867. The number of nitrogens with zero attached hydrogens (tertiary/aromatic N) is 2. The number of fused-ring (bicyclic) bond motifs is 9. The van der Waals surface area contributed by atoms with Crippen LogP contribution in [0.4, 0.5) is 5.69 Å². The molecule has 6 unspecified atom stereocenters. The molecule has 2 saturated carbocycles. The fraction of sp³-hybridized carbons (Fsp3) is 0.441. The number of ether oxygens (including phenoxy) is 3. The molecule has 13 heteroatoms. The van der Waals surface area contributed by atoms with Crippen molar-refractivity contribution in [1.82, 2.24) is 9.88 Å². The number of anilines is 1. The van der Waals surface area contributed by atoms with Crippen LogP contribution in [0.15, 0.2) is 58.4 Å². The molecule has 11 nitrogen and oxygen atoms in total. The van der Waals surface area contributed by atoms with Gasteiger partial charge in [0.25, 0.3) is 5.91 Å². The molecule has 0 radical (unpaired) electrons. The molecule has 1 N–H and O–H groups in total. The van der Waals surface area contributed by atoms with Crippen LogP contribution in [0.25, 0.3) is 0 Å². The van der Waals surface area contributed by atoms with Gasteiger partial charge in [0.05, 0.1) is 47.9 Å². The molecule has 3 amide bonds. The van der Waals surface area contributed by atoms with Gasteiger partial charge in [0, 0.05) is 29.1 Å². The first-order chi connectivity index (χ1) is 22.8. The number of imide groups is 1. The van der Waals surface area contributed by atoms with E-state index in [0.29, 0.717) is 43.3 Å². The minimum atomic E-state index is -0.455. The zero-order valence-corrected chi connectivity index (χ0v) is 27.2. The first kappa shape index (κ1) is 30.4. The molecule has 2 aliphatic carbocycles. The highest BCUT2D eigenvalue weighted by molar-refractivity contribution is 8.00. The molecule has 2 bridgehead atoms. The van der Waals surface area contributed by atoms with Crippen LogP contribution in [0.1, 0.15) is 40.1 Å². The molecule has 2 saturated heterocycles. The number of carbonyl (C=O) groups excluding carboxylic acids is 4. The Balaban J connectivity index is 1.08. The van der Waals surface area contributed by atoms with E-state index in [1.807, 2.05) is 24.3 Å². The number of morpholine rings is 1. The smallest absolute Gasteiger partial charge is 0.338 e. The van der Waals surface area contributed by atoms with Gasteiger partial charge < -0.3 is 24.1 Å². The summed E-state index contributed by atoms with van der Waals surface area (Å²) in [7, 11) is 0. The van der Waals surface area contributed by atoms with Crippen molar-refractivity contribution in [3.63, 3.8) is 0 Å². The van der Waals surface area contributed by atoms with Crippen molar-refractivity contribution >= 4 is 52.5 Å². The van der Waals surface area contributed by atoms with Crippen LogP contribution >= 0.6 is 23.1 Å². The van der Waals surface area contributed by atoms with Crippen LogP contribution in [0.2, 0.25) is 0 Å². The van der Waals surface area contributed by atoms with Crippen LogP contribution in [-0.4, -0.2) is 78.3 Å². The van der Waals surface area contributed by atoms with Gasteiger partial charge in [0.1, 0.15) is 5.75 Å². The van der Waals surface area contributed by atoms with Crippen LogP contribution in [0.5, 0.6) is 5.75 Å². The van der Waals surface area contributed by atoms with E-state index < -0.39 is 17.8 Å². The highest BCUT2D eigenvalue weighted by Gasteiger charge is 2.69. The highest BCUT2D eigenvalue weighted by atomic mass is 32.2. The molecule has 0 spiro atoms. The van der Waals surface area contributed by atoms with E-state index in [9.17, 15) is 24.0 Å². The summed E-state index contributed by atoms with van der Waals surface area (Å²) < 4.78 is 16.4. The third-order valence-corrected chi connectivity index (χ3v) is 12.9. The fourth-order valence-electron chi connectivity index (χ4n) is 8.45. The Kier molecular flexibility index (Phi) is 7.72. The normalized spacial score (nSPS) is 29.0. The Morgan fingerprint density at radius 1 is 1.00 bits per heavy atom. The number of aromatic amines is 1. The average molecular weight is 676 g/mol. The van der Waals surface area contributed by atoms with Crippen LogP contribution < -0.4 is 14.5 Å². The summed E-state index contributed by atoms with van der Waals surface area (Å²) in [5.74, 6) is -1.49. The molecule has 3 aromatic rings. The second-order valence-corrected chi connectivity index (χ2v) is 14.8. The van der Waals surface area contributed by atoms with Gasteiger partial charge in [-0.25, -0.2) is 4.79 Å². The lowest BCUT2D eigenvalue weighted by atomic mass is 9.68. The Morgan fingerprint density at radius 2 is 1.74 bits per heavy atom. The number of H-pyrrole nitrogens is 1. The summed E-state index contributed by atoms with van der Waals surface area (Å²) in [6, 6.07) is 14.1. The number of esters is 1. The molecule has 47 heavy (non-hydrogen) atoms. The Hall–Kier alpha value is -3.94. The van der Waals surface area contributed by atoms with Crippen molar-refractivity contribution < 1.29 is 33.4 Å². The number of aromatic nitrogens is 1. The molecular formula is C34H33N3O8S2. The number of amides is 3. The summed E-state index contributed by atoms with van der Waals surface area (Å²) in [5.41, 5.74) is 1.77. The van der Waals surface area contributed by atoms with Crippen LogP contribution in [-0.2, 0) is 23.9 Å². The van der Waals surface area contributed by atoms with Gasteiger partial charge in [0.15, 0.2) is 6.61 Å². The zero-order chi connectivity index (χ0) is 32.4. The van der Waals surface area contributed by atoms with Gasteiger partial charge in [-0.05, 0) is 73.1 Å². The molecule has 5 aliphatic rings. The molecule has 2 aromatic carbocycles. The van der Waals surface area contributed by atoms with Gasteiger partial charge in [-0.3, -0.25) is 24.1 Å². The van der Waals surface area contributed by atoms with Crippen molar-refractivity contribution in [1.29, 1.82) is 0 Å². The second-order valence-electron chi connectivity index (χ2n) is 12.6. The van der Waals surface area contributed by atoms with Crippen molar-refractivity contribution in [2.45, 2.75) is 29.5 Å². The topological polar surface area (TPSA) is 135 Å². The molecule has 3 aliphatic heterocycles. The monoisotopic (exact) mass is 675 g/mol. The van der Waals surface area contributed by atoms with Gasteiger partial charge in [-0.15, -0.1) is 11.8 Å². The van der Waals surface area contributed by atoms with Crippen LogP contribution in [0.3, 0.4) is 0 Å². The maximum atomic E-state index is 14.1. The average Bonchev–Trinajstić information content (AvgIpc) is 3.83. The van der Waals surface area contributed by atoms with E-state index in [4.69, 9.17) is 14.2 Å². The largest absolute Gasteiger partial charge is 0.484 e. The minimum Gasteiger partial charge on any atom is -0.484 e. The Labute approximate surface area is 278 Å². The third-order valence-electron chi connectivity index (χ3n) is 10.3. The number of rotatable bonds is 7. The van der Waals surface area contributed by atoms with E-state index in [-0.39, 0.29) is 64.7 Å². The molecule has 244 valence electrons. The molecule has 1 aromatic heterocycles. The predicted molar refractivity (Wildman–Crippen MR) is 173 cm³/mol. The number of hydrogen-bond acceptors (Lipinski definition) is 10. The SMILES string of the molecule is CCOC(=O)c1ccc(N2C(=O)C3C4CC(C3C2=O)C2C4Sc3[nH]c(=O)sc3[C@@H]2c2cccc(OCC(=O)N3CCOCC3)c2)cc1. The van der Waals surface area contributed by atoms with E-state index in [1.165, 1.54) is 16.2 Å². The molecular weight excluding hydrogens is 643 g/mol. The van der Waals surface area contributed by atoms with Crippen molar-refractivity contribution in [2.75, 3.05) is 44.4 Å². The van der Waals surface area contributed by atoms with Crippen LogP contribution in [0, 0.1) is 29.6 Å². The minimum absolute atomic E-state index is 0.0233. The third kappa shape index (κ3) is 5.01. The number of thioether (sulfide) groups is 1. The standard InChI is InChI=1S/C34H33N3O8S2/c1-2-44-33(41)17-6-8-19(9-7-17)37-31(39)26-21-15-22(27(26)32(37)40)28-25(21)24(29-30(46-28)35-34(42)47-29)18-4-3-5-20(14-18)45-16-23(38)36-10-12-43-13-11-36/h3-9,14,21-22,24-28H,2,10-13,15-16H2,1H3,(H,35,42)/t21?,22?,24-,25?,26?,27?,28?/m1/s1. The molecule has 8 rings (SSSR count). The van der Waals surface area contributed by atoms with Crippen molar-refractivity contribution in [3.8, 4) is 5.75 Å². The lowest BCUT2D eigenvalue weighted by molar-refractivity contribution is -0.137. The van der Waals surface area contributed by atoms with Crippen molar-refractivity contribution in [3.05, 3.63) is 74.2 Å². The molecule has 4 fully saturated rings. The summed E-state index contributed by atoms with van der Waals surface area (Å²) in [6.07, 6.45) is 0.769. The number of thiazole rings is 1. The van der Waals surface area contributed by atoms with E-state index in [2.05, 4.69) is 4.98 Å². The van der Waals surface area contributed by atoms with Gasteiger partial charge >= 0.3 is 10.8 Å². The predicted octanol–water partition coefficient (Wildman–Crippen LogP) is 3.53. The zero-order valence-electron chi connectivity index (χ0n) is 25.6. The second kappa shape index (κ2) is 11.9. The summed E-state index contributed by atoms with van der Waals surface area (Å²) in [4.78, 5) is 72.5. The van der Waals surface area contributed by atoms with E-state index in [0.717, 1.165) is 21.9 Å². The maximum Gasteiger partial charge on any atom is 0.338 e. The number of benzene rings is 2. The summed E-state index contributed by atoms with van der Waals surface area (Å²) >= 11 is 2.83. The lowest BCUT2D eigenvalue weighted by Gasteiger charge is -2.43. The van der Waals surface area contributed by atoms with Gasteiger partial charge in [-0.1, -0.05) is 23.5 Å². The number of nitrogens with one attached hydrogen (secondary N) is 1. The fourth-order valence-corrected chi connectivity index (χ4v) is 11.3. The van der Waals surface area contributed by atoms with Gasteiger partial charge in [0.2, 0.25) is 11.8 Å². The Bertz CT molecular complexity index is 1820. The first-order valence-corrected chi connectivity index (χ1v) is 17.7. The van der Waals surface area contributed by atoms with E-state index in [1.54, 1.807) is 47.9 Å².